The van der Waals surface area contributed by atoms with E-state index in [1.54, 1.807) is 13.8 Å². The summed E-state index contributed by atoms with van der Waals surface area (Å²) in [6.45, 7) is 5.19. The van der Waals surface area contributed by atoms with Gasteiger partial charge in [0.25, 0.3) is 5.09 Å². The van der Waals surface area contributed by atoms with Crippen LogP contribution in [0.3, 0.4) is 0 Å². The topological polar surface area (TPSA) is 124 Å². The summed E-state index contributed by atoms with van der Waals surface area (Å²) in [5.74, 6) is -0.747. The molecule has 0 bridgehead atoms. The van der Waals surface area contributed by atoms with E-state index in [0.717, 1.165) is 11.8 Å². The highest BCUT2D eigenvalue weighted by atomic mass is 32.2. The Bertz CT molecular complexity index is 542. The normalized spacial score (nSPS) is 25.2. The van der Waals surface area contributed by atoms with Crippen LogP contribution in [-0.2, 0) is 14.4 Å². The molecule has 1 fully saturated rings. The molecular formula is C15H25N2O7S+. The molecule has 0 aromatic heterocycles. The predicted molar refractivity (Wildman–Crippen MR) is 90.3 cm³/mol. The van der Waals surface area contributed by atoms with E-state index >= 15 is 0 Å². The molecule has 2 unspecified atom stereocenters. The Hall–Kier alpha value is -1.68. The number of thioether (sulfide) groups is 1. The van der Waals surface area contributed by atoms with Crippen molar-refractivity contribution in [3.8, 4) is 0 Å². The number of carboxylic acid groups (broad SMARTS) is 1. The molecule has 1 aliphatic rings. The monoisotopic (exact) mass is 377 g/mol. The van der Waals surface area contributed by atoms with E-state index in [-0.39, 0.29) is 42.2 Å². The van der Waals surface area contributed by atoms with E-state index in [1.165, 1.54) is 6.92 Å². The number of amides is 2. The number of hydrogen-bond acceptors (Lipinski definition) is 7. The lowest BCUT2D eigenvalue weighted by atomic mass is 10.1. The van der Waals surface area contributed by atoms with Gasteiger partial charge < -0.3 is 9.94 Å². The summed E-state index contributed by atoms with van der Waals surface area (Å²) in [6, 6.07) is -0.270. The van der Waals surface area contributed by atoms with Crippen molar-refractivity contribution in [3.05, 3.63) is 10.1 Å². The van der Waals surface area contributed by atoms with E-state index in [1.807, 2.05) is 0 Å². The second kappa shape index (κ2) is 9.14. The number of quaternary nitrogens is 1. The second-order valence-electron chi connectivity index (χ2n) is 6.47. The third kappa shape index (κ3) is 5.40. The maximum atomic E-state index is 12.7. The predicted octanol–water partition coefficient (Wildman–Crippen LogP) is 2.46. The van der Waals surface area contributed by atoms with Crippen molar-refractivity contribution in [1.29, 1.82) is 0 Å². The molecule has 0 saturated carbocycles. The summed E-state index contributed by atoms with van der Waals surface area (Å²) < 4.78 is -0.566. The highest BCUT2D eigenvalue weighted by Gasteiger charge is 2.54. The lowest BCUT2D eigenvalue weighted by Gasteiger charge is -2.31. The minimum absolute atomic E-state index is 0.0932. The fourth-order valence-corrected chi connectivity index (χ4v) is 3.90. The Morgan fingerprint density at radius 3 is 2.52 bits per heavy atom. The van der Waals surface area contributed by atoms with Gasteiger partial charge in [0.2, 0.25) is 0 Å². The fourth-order valence-electron chi connectivity index (χ4n) is 3.06. The van der Waals surface area contributed by atoms with Crippen molar-refractivity contribution in [2.24, 2.45) is 5.92 Å². The average molecular weight is 377 g/mol. The SMILES string of the molecule is CC(CCC(=O)SC[C@@H](C)C(=O)[N+]1(C(=O)O)CCC[C@H]1C)O[N+](=O)[O-]. The second-order valence-corrected chi connectivity index (χ2v) is 7.54. The first-order valence-corrected chi connectivity index (χ1v) is 9.22. The van der Waals surface area contributed by atoms with Gasteiger partial charge in [-0.05, 0) is 27.2 Å². The van der Waals surface area contributed by atoms with Gasteiger partial charge in [0.15, 0.2) is 5.12 Å². The van der Waals surface area contributed by atoms with Gasteiger partial charge in [-0.1, -0.05) is 11.8 Å². The van der Waals surface area contributed by atoms with Crippen LogP contribution in [0.25, 0.3) is 0 Å². The number of likely N-dealkylation sites (tertiary alicyclic amines) is 1. The van der Waals surface area contributed by atoms with E-state index in [9.17, 15) is 29.6 Å². The van der Waals surface area contributed by atoms with Crippen LogP contribution in [0.4, 0.5) is 4.79 Å². The van der Waals surface area contributed by atoms with Crippen LogP contribution in [0.2, 0.25) is 0 Å². The van der Waals surface area contributed by atoms with Gasteiger partial charge in [-0.3, -0.25) is 4.79 Å². The Labute approximate surface area is 150 Å². The summed E-state index contributed by atoms with van der Waals surface area (Å²) in [5.41, 5.74) is 0. The molecule has 0 spiro atoms. The van der Waals surface area contributed by atoms with Gasteiger partial charge in [-0.15, -0.1) is 10.1 Å². The smallest absolute Gasteiger partial charge is 0.435 e. The van der Waals surface area contributed by atoms with Crippen LogP contribution in [0.15, 0.2) is 0 Å². The van der Waals surface area contributed by atoms with Crippen molar-refractivity contribution >= 4 is 28.9 Å². The van der Waals surface area contributed by atoms with Crippen LogP contribution < -0.4 is 0 Å². The molecule has 9 nitrogen and oxygen atoms in total. The number of imide groups is 1. The number of nitrogens with zero attached hydrogens (tertiary/aromatic N) is 2. The molecule has 0 aliphatic carbocycles. The first kappa shape index (κ1) is 21.4. The summed E-state index contributed by atoms with van der Waals surface area (Å²) in [5, 5.41) is 18.7. The first-order chi connectivity index (χ1) is 11.6. The van der Waals surface area contributed by atoms with Gasteiger partial charge in [-0.2, -0.15) is 9.28 Å². The molecule has 0 aromatic carbocycles. The lowest BCUT2D eigenvalue weighted by Crippen LogP contribution is -2.60. The highest BCUT2D eigenvalue weighted by Crippen LogP contribution is 2.31. The zero-order valence-electron chi connectivity index (χ0n) is 14.7. The summed E-state index contributed by atoms with van der Waals surface area (Å²) in [7, 11) is 0. The van der Waals surface area contributed by atoms with Crippen molar-refractivity contribution in [3.63, 3.8) is 0 Å². The zero-order chi connectivity index (χ0) is 19.2. The van der Waals surface area contributed by atoms with Crippen LogP contribution in [0.1, 0.15) is 46.5 Å². The molecule has 1 aliphatic heterocycles. The summed E-state index contributed by atoms with van der Waals surface area (Å²) in [6.07, 6.45) is -0.136. The Morgan fingerprint density at radius 1 is 1.40 bits per heavy atom. The van der Waals surface area contributed by atoms with Crippen molar-refractivity contribution in [2.45, 2.75) is 58.6 Å². The van der Waals surface area contributed by atoms with E-state index < -0.39 is 27.7 Å². The Balaban J connectivity index is 2.51. The van der Waals surface area contributed by atoms with Crippen LogP contribution in [0.5, 0.6) is 0 Å². The molecule has 0 aromatic rings. The van der Waals surface area contributed by atoms with Crippen molar-refractivity contribution < 1.29 is 33.9 Å². The van der Waals surface area contributed by atoms with Gasteiger partial charge in [0.1, 0.15) is 12.1 Å². The summed E-state index contributed by atoms with van der Waals surface area (Å²) >= 11 is 0.956. The lowest BCUT2D eigenvalue weighted by molar-refractivity contribution is -0.793. The van der Waals surface area contributed by atoms with Crippen molar-refractivity contribution in [2.75, 3.05) is 12.3 Å². The number of carbonyl (C=O) groups is 3. The van der Waals surface area contributed by atoms with Crippen LogP contribution in [0, 0.1) is 16.0 Å². The van der Waals surface area contributed by atoms with Gasteiger partial charge in [-0.25, -0.2) is 4.79 Å². The quantitative estimate of drug-likeness (QED) is 0.388. The third-order valence-electron chi connectivity index (χ3n) is 4.56. The molecule has 4 atom stereocenters. The third-order valence-corrected chi connectivity index (χ3v) is 5.75. The van der Waals surface area contributed by atoms with Crippen molar-refractivity contribution in [1.82, 2.24) is 0 Å². The Kier molecular flexibility index (Phi) is 7.81. The maximum Gasteiger partial charge on any atom is 0.521 e. The molecule has 142 valence electrons. The van der Waals surface area contributed by atoms with Crippen LogP contribution in [-0.4, -0.2) is 56.2 Å². The zero-order valence-corrected chi connectivity index (χ0v) is 15.5. The van der Waals surface area contributed by atoms with Crippen LogP contribution >= 0.6 is 11.8 Å². The highest BCUT2D eigenvalue weighted by molar-refractivity contribution is 8.13. The molecule has 1 saturated heterocycles. The molecule has 1 rings (SSSR count). The molecule has 1 heterocycles. The van der Waals surface area contributed by atoms with E-state index in [4.69, 9.17) is 0 Å². The van der Waals surface area contributed by atoms with E-state index in [0.29, 0.717) is 12.8 Å². The molecule has 10 heteroatoms. The van der Waals surface area contributed by atoms with Gasteiger partial charge in [0.05, 0.1) is 12.5 Å². The minimum atomic E-state index is -1.14. The number of hydrogen-bond donors (Lipinski definition) is 1. The number of rotatable bonds is 8. The molecular weight excluding hydrogens is 352 g/mol. The molecule has 0 radical (unpaired) electrons. The van der Waals surface area contributed by atoms with Gasteiger partial charge in [0, 0.05) is 25.0 Å². The standard InChI is InChI=1S/C15H24N2O7S/c1-10(9-25-13(18)7-6-12(3)24-16(22)23)14(19)17(15(20)21)8-4-5-11(17)2/h10-12H,4-9H2,1-3H3/p+1/t10-,11-,12?,17?/m1/s1. The van der Waals surface area contributed by atoms with Gasteiger partial charge >= 0.3 is 12.0 Å². The summed E-state index contributed by atoms with van der Waals surface area (Å²) in [4.78, 5) is 50.8. The van der Waals surface area contributed by atoms with E-state index in [2.05, 4.69) is 4.84 Å². The number of carbonyl (C=O) groups excluding carboxylic acids is 2. The fraction of sp³-hybridized carbons (Fsp3) is 0.800. The molecule has 25 heavy (non-hydrogen) atoms. The Morgan fingerprint density at radius 2 is 2.04 bits per heavy atom. The maximum absolute atomic E-state index is 12.7. The first-order valence-electron chi connectivity index (χ1n) is 8.23. The average Bonchev–Trinajstić information content (AvgIpc) is 2.91. The minimum Gasteiger partial charge on any atom is -0.435 e. The molecule has 1 N–H and O–H groups in total. The molecule has 2 amide bonds. The largest absolute Gasteiger partial charge is 0.521 e.